The SMILES string of the molecule is CCCCCC/C=C\CCCCCCCC(=O)OC(COCCCCCCCCCCCCC/C=C\C/C=C\C/C=C\CCCCCCC)COC1OC(CO)C(O)C(OS(=O)(=O)O)C1O. The molecule has 1 heterocycles. The largest absolute Gasteiger partial charge is 0.457 e. The van der Waals surface area contributed by atoms with Crippen LogP contribution in [0.4, 0.5) is 0 Å². The molecule has 6 unspecified atom stereocenters. The van der Waals surface area contributed by atoms with Crippen molar-refractivity contribution in [2.45, 2.75) is 256 Å². The zero-order valence-electron chi connectivity index (χ0n) is 41.5. The summed E-state index contributed by atoms with van der Waals surface area (Å²) < 4.78 is 59.2. The molecule has 0 amide bonds. The molecule has 0 aromatic carbocycles. The van der Waals surface area contributed by atoms with Gasteiger partial charge >= 0.3 is 16.4 Å². The van der Waals surface area contributed by atoms with Gasteiger partial charge in [-0.25, -0.2) is 4.18 Å². The van der Waals surface area contributed by atoms with Crippen molar-refractivity contribution in [2.24, 2.45) is 0 Å². The van der Waals surface area contributed by atoms with Crippen molar-refractivity contribution in [1.29, 1.82) is 0 Å². The van der Waals surface area contributed by atoms with Crippen molar-refractivity contribution in [3.8, 4) is 0 Å². The zero-order chi connectivity index (χ0) is 48.2. The van der Waals surface area contributed by atoms with Crippen LogP contribution < -0.4 is 0 Å². The van der Waals surface area contributed by atoms with Gasteiger partial charge in [-0.2, -0.15) is 8.42 Å². The fourth-order valence-electron chi connectivity index (χ4n) is 7.91. The Bertz CT molecular complexity index is 1340. The van der Waals surface area contributed by atoms with Gasteiger partial charge in [0.2, 0.25) is 0 Å². The number of rotatable bonds is 46. The normalized spacial score (nSPS) is 19.9. The molecule has 12 nitrogen and oxygen atoms in total. The molecule has 0 saturated carbocycles. The highest BCUT2D eigenvalue weighted by Crippen LogP contribution is 2.26. The lowest BCUT2D eigenvalue weighted by atomic mass is 9.99. The molecule has 6 atom stereocenters. The summed E-state index contributed by atoms with van der Waals surface area (Å²) in [7, 11) is -5.07. The van der Waals surface area contributed by atoms with E-state index in [2.05, 4.69) is 66.6 Å². The Kier molecular flexibility index (Phi) is 41.6. The summed E-state index contributed by atoms with van der Waals surface area (Å²) in [5, 5.41) is 30.7. The van der Waals surface area contributed by atoms with Crippen LogP contribution in [0.25, 0.3) is 0 Å². The van der Waals surface area contributed by atoms with Gasteiger partial charge < -0.3 is 34.3 Å². The topological polar surface area (TPSA) is 178 Å². The zero-order valence-corrected chi connectivity index (χ0v) is 42.3. The van der Waals surface area contributed by atoms with E-state index < -0.39 is 59.8 Å². The smallest absolute Gasteiger partial charge is 0.397 e. The number of carbonyl (C=O) groups is 1. The number of unbranched alkanes of at least 4 members (excludes halogenated alkanes) is 25. The second-order valence-electron chi connectivity index (χ2n) is 18.1. The molecular formula is C53H96O12S. The van der Waals surface area contributed by atoms with Crippen LogP contribution in [0.5, 0.6) is 0 Å². The lowest BCUT2D eigenvalue weighted by Gasteiger charge is -2.41. The van der Waals surface area contributed by atoms with Crippen molar-refractivity contribution in [2.75, 3.05) is 26.4 Å². The second-order valence-corrected chi connectivity index (χ2v) is 19.2. The fourth-order valence-corrected chi connectivity index (χ4v) is 8.42. The van der Waals surface area contributed by atoms with Gasteiger partial charge in [-0.3, -0.25) is 9.35 Å². The van der Waals surface area contributed by atoms with Crippen LogP contribution in [0, 0.1) is 0 Å². The van der Waals surface area contributed by atoms with Gasteiger partial charge in [0.05, 0.1) is 19.8 Å². The first-order valence-electron chi connectivity index (χ1n) is 26.4. The predicted octanol–water partition coefficient (Wildman–Crippen LogP) is 12.3. The first-order chi connectivity index (χ1) is 32.1. The molecule has 1 saturated heterocycles. The van der Waals surface area contributed by atoms with E-state index in [1.807, 2.05) is 0 Å². The first kappa shape index (κ1) is 62.1. The molecule has 0 radical (unpaired) electrons. The predicted molar refractivity (Wildman–Crippen MR) is 266 cm³/mol. The van der Waals surface area contributed by atoms with Crippen LogP contribution in [-0.2, 0) is 38.3 Å². The molecule has 1 aliphatic rings. The van der Waals surface area contributed by atoms with Gasteiger partial charge in [0.25, 0.3) is 0 Å². The summed E-state index contributed by atoms with van der Waals surface area (Å²) in [6.07, 6.45) is 45.8. The van der Waals surface area contributed by atoms with E-state index in [9.17, 15) is 33.1 Å². The minimum atomic E-state index is -5.07. The third-order valence-corrected chi connectivity index (χ3v) is 12.4. The number of ether oxygens (including phenoxy) is 4. The van der Waals surface area contributed by atoms with E-state index in [4.69, 9.17) is 18.9 Å². The summed E-state index contributed by atoms with van der Waals surface area (Å²) in [6.45, 7) is 3.96. The monoisotopic (exact) mass is 957 g/mol. The minimum Gasteiger partial charge on any atom is -0.457 e. The van der Waals surface area contributed by atoms with Crippen LogP contribution in [0.1, 0.15) is 219 Å². The Morgan fingerprint density at radius 2 is 1.00 bits per heavy atom. The Morgan fingerprint density at radius 1 is 0.576 bits per heavy atom. The molecule has 0 aromatic rings. The molecular weight excluding hydrogens is 861 g/mol. The van der Waals surface area contributed by atoms with Crippen molar-refractivity contribution >= 4 is 16.4 Å². The highest BCUT2D eigenvalue weighted by atomic mass is 32.3. The second kappa shape index (κ2) is 44.3. The summed E-state index contributed by atoms with van der Waals surface area (Å²) in [5.41, 5.74) is 0. The van der Waals surface area contributed by atoms with Crippen molar-refractivity contribution < 1.29 is 56.2 Å². The quantitative estimate of drug-likeness (QED) is 0.0197. The summed E-state index contributed by atoms with van der Waals surface area (Å²) in [6, 6.07) is 0. The van der Waals surface area contributed by atoms with Gasteiger partial charge in [-0.05, 0) is 77.0 Å². The molecule has 0 aromatic heterocycles. The van der Waals surface area contributed by atoms with E-state index in [0.717, 1.165) is 70.6 Å². The molecule has 1 fully saturated rings. The third-order valence-electron chi connectivity index (χ3n) is 11.9. The summed E-state index contributed by atoms with van der Waals surface area (Å²) in [5.74, 6) is -0.409. The summed E-state index contributed by atoms with van der Waals surface area (Å²) in [4.78, 5) is 12.9. The molecule has 1 aliphatic heterocycles. The number of hydrogen-bond donors (Lipinski definition) is 4. The van der Waals surface area contributed by atoms with E-state index in [0.29, 0.717) is 13.0 Å². The van der Waals surface area contributed by atoms with Crippen LogP contribution in [0.2, 0.25) is 0 Å². The highest BCUT2D eigenvalue weighted by molar-refractivity contribution is 7.80. The van der Waals surface area contributed by atoms with Crippen molar-refractivity contribution in [3.05, 3.63) is 48.6 Å². The Morgan fingerprint density at radius 3 is 1.48 bits per heavy atom. The van der Waals surface area contributed by atoms with Gasteiger partial charge in [-0.15, -0.1) is 0 Å². The number of allylic oxidation sites excluding steroid dienone is 8. The standard InChI is InChI=1S/C53H96O12S/c1-3-5-7-9-11-13-15-17-18-19-20-21-22-23-24-25-26-27-28-29-31-33-35-37-39-41-43-61-45-47(46-62-53-51(57)52(65-66(58,59)60)50(56)48(44-54)64-53)63-49(55)42-40-38-36-34-32-30-16-14-12-10-8-6-4-2/h14-17,19-20,22-23,47-48,50-54,56-57H,3-13,18,21,24-46H2,1-2H3,(H,58,59,60)/b16-14-,17-15-,20-19-,23-22-. The van der Waals surface area contributed by atoms with E-state index in [1.165, 1.54) is 122 Å². The Labute approximate surface area is 402 Å². The van der Waals surface area contributed by atoms with Crippen LogP contribution in [0.3, 0.4) is 0 Å². The Balaban J connectivity index is 2.30. The maximum Gasteiger partial charge on any atom is 0.397 e. The number of aliphatic hydroxyl groups is 3. The van der Waals surface area contributed by atoms with E-state index in [1.54, 1.807) is 0 Å². The van der Waals surface area contributed by atoms with Gasteiger partial charge in [0, 0.05) is 13.0 Å². The fraction of sp³-hybridized carbons (Fsp3) is 0.830. The minimum absolute atomic E-state index is 0.0305. The van der Waals surface area contributed by atoms with Crippen molar-refractivity contribution in [3.63, 3.8) is 0 Å². The molecule has 0 bridgehead atoms. The molecule has 386 valence electrons. The number of hydrogen-bond acceptors (Lipinski definition) is 11. The average Bonchev–Trinajstić information content (AvgIpc) is 3.29. The highest BCUT2D eigenvalue weighted by Gasteiger charge is 2.48. The third kappa shape index (κ3) is 37.0. The molecule has 0 spiro atoms. The Hall–Kier alpha value is -1.94. The molecule has 1 rings (SSSR count). The summed E-state index contributed by atoms with van der Waals surface area (Å²) >= 11 is 0. The van der Waals surface area contributed by atoms with Gasteiger partial charge in [-0.1, -0.05) is 184 Å². The molecule has 0 aliphatic carbocycles. The maximum absolute atomic E-state index is 12.9. The van der Waals surface area contributed by atoms with Gasteiger partial charge in [0.1, 0.15) is 30.5 Å². The van der Waals surface area contributed by atoms with E-state index >= 15 is 0 Å². The van der Waals surface area contributed by atoms with Crippen LogP contribution >= 0.6 is 0 Å². The number of carbonyl (C=O) groups excluding carboxylic acids is 1. The van der Waals surface area contributed by atoms with E-state index in [-0.39, 0.29) is 19.6 Å². The first-order valence-corrected chi connectivity index (χ1v) is 27.8. The average molecular weight is 957 g/mol. The van der Waals surface area contributed by atoms with Crippen molar-refractivity contribution in [1.82, 2.24) is 0 Å². The number of esters is 1. The molecule has 66 heavy (non-hydrogen) atoms. The molecule has 13 heteroatoms. The van der Waals surface area contributed by atoms with Gasteiger partial charge in [0.15, 0.2) is 6.29 Å². The number of aliphatic hydroxyl groups excluding tert-OH is 3. The van der Waals surface area contributed by atoms with Crippen LogP contribution in [0.15, 0.2) is 48.6 Å². The van der Waals surface area contributed by atoms with Crippen LogP contribution in [-0.4, -0.2) is 97.5 Å². The lowest BCUT2D eigenvalue weighted by molar-refractivity contribution is -0.301. The maximum atomic E-state index is 12.9. The lowest BCUT2D eigenvalue weighted by Crippen LogP contribution is -2.60. The molecule has 4 N–H and O–H groups in total.